The van der Waals surface area contributed by atoms with E-state index in [-0.39, 0.29) is 5.54 Å². The Bertz CT molecular complexity index is 730. The summed E-state index contributed by atoms with van der Waals surface area (Å²) >= 11 is -0.556. The van der Waals surface area contributed by atoms with Crippen molar-refractivity contribution < 1.29 is 22.1 Å². The van der Waals surface area contributed by atoms with Crippen LogP contribution in [0.3, 0.4) is 0 Å². The van der Waals surface area contributed by atoms with Gasteiger partial charge in [0.05, 0.1) is 5.54 Å². The number of hydrogen-bond donors (Lipinski definition) is 1. The third-order valence-electron chi connectivity index (χ3n) is 3.39. The molecule has 0 amide bonds. The molecule has 1 unspecified atom stereocenters. The number of nitrogens with zero attached hydrogens (tertiary/aromatic N) is 1. The first-order chi connectivity index (χ1) is 11.7. The zero-order chi connectivity index (χ0) is 19.0. The number of phenols is 1. The van der Waals surface area contributed by atoms with E-state index in [1.165, 1.54) is 10.9 Å². The van der Waals surface area contributed by atoms with Gasteiger partial charge in [-0.2, -0.15) is 0 Å². The van der Waals surface area contributed by atoms with Crippen molar-refractivity contribution in [1.82, 2.24) is 0 Å². The van der Waals surface area contributed by atoms with Crippen LogP contribution in [0.1, 0.15) is 37.5 Å². The van der Waals surface area contributed by atoms with Crippen LogP contribution in [0.2, 0.25) is 0 Å². The Morgan fingerprint density at radius 1 is 1.04 bits per heavy atom. The second-order valence-electron chi connectivity index (χ2n) is 6.64. The zero-order valence-corrected chi connectivity index (χ0v) is 19.3. The molecular formula is C19H24Cl2NOPTi. The number of aromatic hydroxyl groups is 1. The van der Waals surface area contributed by atoms with Gasteiger partial charge in [0.2, 0.25) is 0 Å². The van der Waals surface area contributed by atoms with Gasteiger partial charge >= 0.3 is 35.6 Å². The van der Waals surface area contributed by atoms with Crippen LogP contribution in [0.15, 0.2) is 41.4 Å². The number of hydrogen-bond acceptors (Lipinski definition) is 2. The van der Waals surface area contributed by atoms with E-state index in [1.807, 2.05) is 31.3 Å². The van der Waals surface area contributed by atoms with Crippen molar-refractivity contribution in [2.45, 2.75) is 40.2 Å². The summed E-state index contributed by atoms with van der Waals surface area (Å²) in [4.78, 5) is 4.63. The average molecular weight is 432 g/mol. The van der Waals surface area contributed by atoms with Gasteiger partial charge in [0.25, 0.3) is 0 Å². The SMILES string of the molecule is Cc1cccc(Pc2c(C)cccc2C=NC(C)(C)C)c1O.[Cl][Ti][Cl]. The minimum absolute atomic E-state index is 0.0877. The Morgan fingerprint density at radius 2 is 1.60 bits per heavy atom. The molecule has 0 aliphatic rings. The summed E-state index contributed by atoms with van der Waals surface area (Å²) < 4.78 is 0. The van der Waals surface area contributed by atoms with Crippen molar-refractivity contribution in [3.63, 3.8) is 0 Å². The third-order valence-corrected chi connectivity index (χ3v) is 5.00. The molecule has 0 aromatic heterocycles. The van der Waals surface area contributed by atoms with Crippen LogP contribution in [0.25, 0.3) is 0 Å². The predicted molar refractivity (Wildman–Crippen MR) is 111 cm³/mol. The molecule has 0 aliphatic carbocycles. The van der Waals surface area contributed by atoms with E-state index in [9.17, 15) is 5.11 Å². The molecule has 0 spiro atoms. The van der Waals surface area contributed by atoms with Crippen molar-refractivity contribution in [2.75, 3.05) is 0 Å². The van der Waals surface area contributed by atoms with Gasteiger partial charge in [0.15, 0.2) is 0 Å². The van der Waals surface area contributed by atoms with Crippen molar-refractivity contribution in [3.8, 4) is 5.75 Å². The predicted octanol–water partition coefficient (Wildman–Crippen LogP) is 5.23. The van der Waals surface area contributed by atoms with Gasteiger partial charge in [-0.3, -0.25) is 4.99 Å². The van der Waals surface area contributed by atoms with Gasteiger partial charge in [0, 0.05) is 17.1 Å². The maximum absolute atomic E-state index is 10.3. The zero-order valence-electron chi connectivity index (χ0n) is 15.2. The van der Waals surface area contributed by atoms with Crippen LogP contribution in [0.5, 0.6) is 5.75 Å². The second-order valence-corrected chi connectivity index (χ2v) is 10.5. The summed E-state index contributed by atoms with van der Waals surface area (Å²) in [6, 6.07) is 12.2. The summed E-state index contributed by atoms with van der Waals surface area (Å²) in [5.74, 6) is 0.405. The summed E-state index contributed by atoms with van der Waals surface area (Å²) in [5.41, 5.74) is 3.20. The first-order valence-electron chi connectivity index (χ1n) is 7.86. The quantitative estimate of drug-likeness (QED) is 0.402. The molecule has 0 radical (unpaired) electrons. The monoisotopic (exact) mass is 431 g/mol. The molecule has 134 valence electrons. The molecule has 1 N–H and O–H groups in total. The van der Waals surface area contributed by atoms with E-state index < -0.39 is 17.0 Å². The Hall–Kier alpha value is -0.366. The van der Waals surface area contributed by atoms with E-state index in [2.05, 4.69) is 50.9 Å². The topological polar surface area (TPSA) is 32.6 Å². The third kappa shape index (κ3) is 7.81. The summed E-state index contributed by atoms with van der Waals surface area (Å²) in [6.07, 6.45) is 1.96. The molecule has 0 fully saturated rings. The summed E-state index contributed by atoms with van der Waals surface area (Å²) in [6.45, 7) is 10.3. The molecule has 0 bridgehead atoms. The van der Waals surface area contributed by atoms with Gasteiger partial charge in [-0.05, 0) is 51.1 Å². The summed E-state index contributed by atoms with van der Waals surface area (Å²) in [5, 5.41) is 12.5. The van der Waals surface area contributed by atoms with Gasteiger partial charge in [-0.15, -0.1) is 0 Å². The second kappa shape index (κ2) is 10.7. The molecule has 2 aromatic rings. The number of phenolic OH excluding ortho intramolecular Hbond substituents is 1. The van der Waals surface area contributed by atoms with E-state index in [4.69, 9.17) is 18.6 Å². The first kappa shape index (κ1) is 22.7. The van der Waals surface area contributed by atoms with Gasteiger partial charge in [-0.25, -0.2) is 0 Å². The normalized spacial score (nSPS) is 11.6. The van der Waals surface area contributed by atoms with Crippen LogP contribution in [0, 0.1) is 13.8 Å². The fraction of sp³-hybridized carbons (Fsp3) is 0.316. The number of aliphatic imine (C=N–C) groups is 1. The Balaban J connectivity index is 0.000000970. The molecule has 1 atom stereocenters. The Morgan fingerprint density at radius 3 is 2.20 bits per heavy atom. The van der Waals surface area contributed by atoms with E-state index in [0.717, 1.165) is 16.4 Å². The van der Waals surface area contributed by atoms with Gasteiger partial charge < -0.3 is 5.11 Å². The van der Waals surface area contributed by atoms with E-state index >= 15 is 0 Å². The molecule has 0 saturated carbocycles. The molecule has 2 nitrogen and oxygen atoms in total. The molecule has 2 aromatic carbocycles. The summed E-state index contributed by atoms with van der Waals surface area (Å²) in [7, 11) is 10.2. The first-order valence-corrected chi connectivity index (χ1v) is 13.2. The maximum atomic E-state index is 10.3. The molecule has 2 rings (SSSR count). The molecular weight excluding hydrogens is 408 g/mol. The van der Waals surface area contributed by atoms with Crippen LogP contribution < -0.4 is 10.6 Å². The molecule has 0 heterocycles. The molecule has 25 heavy (non-hydrogen) atoms. The fourth-order valence-corrected chi connectivity index (χ4v) is 3.46. The average Bonchev–Trinajstić information content (AvgIpc) is 2.52. The molecule has 0 saturated heterocycles. The van der Waals surface area contributed by atoms with Crippen molar-refractivity contribution in [2.24, 2.45) is 4.99 Å². The Kier molecular flexibility index (Phi) is 9.71. The number of para-hydroxylation sites is 1. The molecule has 0 aliphatic heterocycles. The molecule has 6 heteroatoms. The minimum atomic E-state index is -0.556. The van der Waals surface area contributed by atoms with Crippen LogP contribution in [0.4, 0.5) is 0 Å². The van der Waals surface area contributed by atoms with Crippen molar-refractivity contribution in [1.29, 1.82) is 0 Å². The standard InChI is InChI=1S/C19H24NOP.2ClH.Ti/c1-13-8-7-11-16(17(13)21)22-18-14(2)9-6-10-15(18)12-20-19(3,4)5;;;/h6-12,21-22H,1-5H3;2*1H;/q;;;+2/p-2. The van der Waals surface area contributed by atoms with Crippen molar-refractivity contribution in [3.05, 3.63) is 53.1 Å². The fourth-order valence-electron chi connectivity index (χ4n) is 2.13. The number of rotatable bonds is 3. The Labute approximate surface area is 169 Å². The van der Waals surface area contributed by atoms with Gasteiger partial charge in [-0.1, -0.05) is 45.0 Å². The number of benzene rings is 2. The van der Waals surface area contributed by atoms with Crippen molar-refractivity contribution >= 4 is 44.0 Å². The number of aryl methyl sites for hydroxylation is 2. The van der Waals surface area contributed by atoms with Crippen LogP contribution in [-0.4, -0.2) is 16.9 Å². The van der Waals surface area contributed by atoms with Gasteiger partial charge in [0.1, 0.15) is 5.75 Å². The van der Waals surface area contributed by atoms with E-state index in [0.29, 0.717) is 14.3 Å². The van der Waals surface area contributed by atoms with Crippen LogP contribution >= 0.6 is 27.2 Å². The van der Waals surface area contributed by atoms with Crippen LogP contribution in [-0.2, 0) is 17.0 Å². The number of halogens is 2. The van der Waals surface area contributed by atoms with E-state index in [1.54, 1.807) is 0 Å².